The van der Waals surface area contributed by atoms with Crippen LogP contribution in [0, 0.1) is 11.3 Å². The van der Waals surface area contributed by atoms with Gasteiger partial charge in [0.05, 0.1) is 27.3 Å². The zero-order valence-electron chi connectivity index (χ0n) is 26.2. The van der Waals surface area contributed by atoms with E-state index in [-0.39, 0.29) is 9.80 Å². The molecule has 0 N–H and O–H groups in total. The Morgan fingerprint density at radius 2 is 1.10 bits per heavy atom. The fourth-order valence-electron chi connectivity index (χ4n) is 6.40. The Balaban J connectivity index is 1.45. The third-order valence-corrected chi connectivity index (χ3v) is 10.4. The van der Waals surface area contributed by atoms with E-state index in [9.17, 15) is 13.7 Å². The quantitative estimate of drug-likeness (QED) is 0.132. The largest absolute Gasteiger partial charge is 0.244 e. The van der Waals surface area contributed by atoms with Crippen LogP contribution in [0.2, 0.25) is 0 Å². The second-order valence-corrected chi connectivity index (χ2v) is 13.6. The highest BCUT2D eigenvalue weighted by molar-refractivity contribution is 7.95. The predicted octanol–water partition coefficient (Wildman–Crippen LogP) is 10.3. The first-order valence-electron chi connectivity index (χ1n) is 15.8. The third-order valence-electron chi connectivity index (χ3n) is 8.72. The SMILES string of the molecule is N#C/C(=C\c1cc(-c2nc3ccccc3nc2-c2ccccc2)ccc1-c1c2ccccc2cc2ccccc12)S(=O)(=O)c1ccccc1. The van der Waals surface area contributed by atoms with Crippen molar-refractivity contribution in [3.05, 3.63) is 168 Å². The molecule has 232 valence electrons. The molecule has 8 aromatic rings. The number of hydrogen-bond donors (Lipinski definition) is 0. The summed E-state index contributed by atoms with van der Waals surface area (Å²) in [6.45, 7) is 0. The average molecular weight is 650 g/mol. The van der Waals surface area contributed by atoms with Crippen LogP contribution in [0.4, 0.5) is 0 Å². The van der Waals surface area contributed by atoms with Gasteiger partial charge < -0.3 is 0 Å². The van der Waals surface area contributed by atoms with Crippen LogP contribution in [-0.4, -0.2) is 18.4 Å². The molecule has 0 aliphatic heterocycles. The topological polar surface area (TPSA) is 83.7 Å². The van der Waals surface area contributed by atoms with Crippen LogP contribution in [-0.2, 0) is 9.84 Å². The standard InChI is InChI=1S/C43H27N3O2S/c44-28-35(49(47,48)34-17-5-2-6-18-34)27-33-26-32(43-42(29-13-3-1-4-14-29)45-39-21-11-12-22-40(39)46-43)23-24-38(33)41-36-19-9-7-15-30(36)25-31-16-8-10-20-37(31)41/h1-27H/b35-27+. The molecular formula is C43H27N3O2S. The van der Waals surface area contributed by atoms with Crippen molar-refractivity contribution in [2.45, 2.75) is 4.90 Å². The summed E-state index contributed by atoms with van der Waals surface area (Å²) in [5.74, 6) is 0. The first-order chi connectivity index (χ1) is 24.0. The zero-order chi connectivity index (χ0) is 33.4. The van der Waals surface area contributed by atoms with Gasteiger partial charge in [-0.15, -0.1) is 0 Å². The number of para-hydroxylation sites is 2. The van der Waals surface area contributed by atoms with Gasteiger partial charge in [0.2, 0.25) is 9.84 Å². The number of nitriles is 1. The van der Waals surface area contributed by atoms with E-state index in [2.05, 4.69) is 30.3 Å². The first-order valence-corrected chi connectivity index (χ1v) is 17.3. The Morgan fingerprint density at radius 1 is 0.571 bits per heavy atom. The lowest BCUT2D eigenvalue weighted by atomic mass is 9.88. The number of rotatable bonds is 6. The highest BCUT2D eigenvalue weighted by Crippen LogP contribution is 2.41. The smallest absolute Gasteiger partial charge is 0.216 e. The Bertz CT molecular complexity index is 2680. The molecule has 0 fully saturated rings. The van der Waals surface area contributed by atoms with Crippen LogP contribution in [0.5, 0.6) is 0 Å². The fourth-order valence-corrected chi connectivity index (χ4v) is 7.57. The van der Waals surface area contributed by atoms with Gasteiger partial charge in [-0.1, -0.05) is 121 Å². The molecule has 0 bridgehead atoms. The molecule has 0 atom stereocenters. The van der Waals surface area contributed by atoms with E-state index >= 15 is 0 Å². The summed E-state index contributed by atoms with van der Waals surface area (Å²) in [6.07, 6.45) is 1.49. The first kappa shape index (κ1) is 29.9. The second kappa shape index (κ2) is 12.3. The van der Waals surface area contributed by atoms with Gasteiger partial charge >= 0.3 is 0 Å². The molecule has 1 heterocycles. The Kier molecular flexibility index (Phi) is 7.52. The minimum Gasteiger partial charge on any atom is -0.244 e. The number of sulfone groups is 1. The summed E-state index contributed by atoms with van der Waals surface area (Å²) in [5, 5.41) is 14.5. The second-order valence-electron chi connectivity index (χ2n) is 11.7. The lowest BCUT2D eigenvalue weighted by molar-refractivity contribution is 0.603. The number of aromatic nitrogens is 2. The number of nitrogens with zero attached hydrogens (tertiary/aromatic N) is 3. The Labute approximate surface area is 284 Å². The predicted molar refractivity (Wildman–Crippen MR) is 198 cm³/mol. The fraction of sp³-hybridized carbons (Fsp3) is 0. The van der Waals surface area contributed by atoms with Gasteiger partial charge in [-0.3, -0.25) is 0 Å². The zero-order valence-corrected chi connectivity index (χ0v) is 27.0. The van der Waals surface area contributed by atoms with E-state index < -0.39 is 9.84 Å². The van der Waals surface area contributed by atoms with Crippen LogP contribution >= 0.6 is 0 Å². The normalized spacial score (nSPS) is 11.9. The maximum Gasteiger partial charge on any atom is 0.216 e. The minimum atomic E-state index is -4.12. The van der Waals surface area contributed by atoms with Crippen molar-refractivity contribution >= 4 is 48.5 Å². The molecule has 5 nitrogen and oxygen atoms in total. The molecular weight excluding hydrogens is 623 g/mol. The molecule has 0 aliphatic carbocycles. The highest BCUT2D eigenvalue weighted by Gasteiger charge is 2.23. The van der Waals surface area contributed by atoms with E-state index in [1.807, 2.05) is 103 Å². The van der Waals surface area contributed by atoms with Crippen molar-refractivity contribution in [2.24, 2.45) is 0 Å². The van der Waals surface area contributed by atoms with Crippen molar-refractivity contribution in [1.29, 1.82) is 5.26 Å². The molecule has 6 heteroatoms. The van der Waals surface area contributed by atoms with Crippen molar-refractivity contribution in [2.75, 3.05) is 0 Å². The van der Waals surface area contributed by atoms with Gasteiger partial charge in [-0.05, 0) is 80.7 Å². The Hall–Kier alpha value is -6.42. The van der Waals surface area contributed by atoms with Crippen LogP contribution in [0.25, 0.3) is 72.3 Å². The molecule has 0 amide bonds. The third kappa shape index (κ3) is 5.42. The van der Waals surface area contributed by atoms with Crippen LogP contribution in [0.15, 0.2) is 168 Å². The van der Waals surface area contributed by atoms with Crippen LogP contribution < -0.4 is 0 Å². The molecule has 0 saturated heterocycles. The number of allylic oxidation sites excluding steroid dienone is 1. The van der Waals surface area contributed by atoms with Gasteiger partial charge in [-0.2, -0.15) is 5.26 Å². The minimum absolute atomic E-state index is 0.0582. The molecule has 1 aromatic heterocycles. The van der Waals surface area contributed by atoms with E-state index in [1.54, 1.807) is 18.2 Å². The van der Waals surface area contributed by atoms with E-state index in [0.717, 1.165) is 54.8 Å². The maximum absolute atomic E-state index is 13.9. The molecule has 0 saturated carbocycles. The number of benzene rings is 7. The van der Waals surface area contributed by atoms with Gasteiger partial charge in [0.1, 0.15) is 11.0 Å². The van der Waals surface area contributed by atoms with Crippen molar-refractivity contribution < 1.29 is 8.42 Å². The number of fused-ring (bicyclic) bond motifs is 3. The van der Waals surface area contributed by atoms with Crippen molar-refractivity contribution in [3.8, 4) is 39.7 Å². The summed E-state index contributed by atoms with van der Waals surface area (Å²) in [4.78, 5) is 9.84. The Morgan fingerprint density at radius 3 is 1.71 bits per heavy atom. The van der Waals surface area contributed by atoms with Gasteiger partial charge in [0, 0.05) is 11.1 Å². The maximum atomic E-state index is 13.9. The monoisotopic (exact) mass is 649 g/mol. The van der Waals surface area contributed by atoms with E-state index in [0.29, 0.717) is 17.0 Å². The molecule has 0 aliphatic rings. The molecule has 8 rings (SSSR count). The lowest BCUT2D eigenvalue weighted by Gasteiger charge is -2.17. The van der Waals surface area contributed by atoms with Crippen molar-refractivity contribution in [1.82, 2.24) is 9.97 Å². The van der Waals surface area contributed by atoms with Gasteiger partial charge in [0.15, 0.2) is 0 Å². The van der Waals surface area contributed by atoms with Crippen LogP contribution in [0.1, 0.15) is 5.56 Å². The number of hydrogen-bond acceptors (Lipinski definition) is 5. The van der Waals surface area contributed by atoms with Gasteiger partial charge in [0.25, 0.3) is 0 Å². The summed E-state index contributed by atoms with van der Waals surface area (Å²) in [5.41, 5.74) is 6.83. The molecule has 49 heavy (non-hydrogen) atoms. The summed E-state index contributed by atoms with van der Waals surface area (Å²) in [7, 11) is -4.12. The van der Waals surface area contributed by atoms with Gasteiger partial charge in [-0.25, -0.2) is 18.4 Å². The summed E-state index contributed by atoms with van der Waals surface area (Å²) in [6, 6.07) is 52.1. The molecule has 0 spiro atoms. The summed E-state index contributed by atoms with van der Waals surface area (Å²) < 4.78 is 27.7. The molecule has 7 aromatic carbocycles. The summed E-state index contributed by atoms with van der Waals surface area (Å²) >= 11 is 0. The van der Waals surface area contributed by atoms with E-state index in [1.165, 1.54) is 18.2 Å². The molecule has 0 unspecified atom stereocenters. The lowest BCUT2D eigenvalue weighted by Crippen LogP contribution is -2.03. The highest BCUT2D eigenvalue weighted by atomic mass is 32.2. The van der Waals surface area contributed by atoms with E-state index in [4.69, 9.17) is 9.97 Å². The van der Waals surface area contributed by atoms with Crippen molar-refractivity contribution in [3.63, 3.8) is 0 Å². The molecule has 0 radical (unpaired) electrons. The average Bonchev–Trinajstić information content (AvgIpc) is 3.16. The van der Waals surface area contributed by atoms with Crippen LogP contribution in [0.3, 0.4) is 0 Å².